The molecule has 7 nitrogen and oxygen atoms in total. The number of benzene rings is 2. The summed E-state index contributed by atoms with van der Waals surface area (Å²) in [5.41, 5.74) is 2.27. The molecular weight excluding hydrogens is 358 g/mol. The summed E-state index contributed by atoms with van der Waals surface area (Å²) >= 11 is 0. The molecule has 2 aromatic carbocycles. The molecule has 0 aliphatic carbocycles. The molecule has 0 bridgehead atoms. The molecule has 7 heteroatoms. The van der Waals surface area contributed by atoms with Gasteiger partial charge in [0.2, 0.25) is 0 Å². The monoisotopic (exact) mass is 377 g/mol. The number of nitrogens with one attached hydrogen (secondary N) is 2. The molecule has 0 atom stereocenters. The number of aromatic amines is 1. The van der Waals surface area contributed by atoms with Gasteiger partial charge in [-0.3, -0.25) is 9.59 Å². The average Bonchev–Trinajstić information content (AvgIpc) is 2.69. The number of methoxy groups -OCH3 is 1. The molecular formula is C21H19N3O4. The highest BCUT2D eigenvalue weighted by atomic mass is 16.5. The quantitative estimate of drug-likeness (QED) is 0.665. The number of amides is 1. The van der Waals surface area contributed by atoms with Crippen LogP contribution in [0.3, 0.4) is 0 Å². The van der Waals surface area contributed by atoms with Gasteiger partial charge in [-0.15, -0.1) is 0 Å². The van der Waals surface area contributed by atoms with Crippen LogP contribution < -0.4 is 15.7 Å². The fraction of sp³-hybridized carbons (Fsp3) is 0.143. The lowest BCUT2D eigenvalue weighted by Crippen LogP contribution is -2.21. The van der Waals surface area contributed by atoms with E-state index in [9.17, 15) is 14.4 Å². The number of rotatable bonds is 5. The van der Waals surface area contributed by atoms with E-state index >= 15 is 0 Å². The molecule has 0 fully saturated rings. The summed E-state index contributed by atoms with van der Waals surface area (Å²) in [5, 5.41) is 2.74. The number of carbonyl (C=O) groups is 2. The fourth-order valence-electron chi connectivity index (χ4n) is 2.65. The molecule has 3 aromatic rings. The molecule has 1 heterocycles. The molecule has 0 spiro atoms. The maximum absolute atomic E-state index is 12.7. The zero-order valence-electron chi connectivity index (χ0n) is 15.7. The number of ketones is 1. The van der Waals surface area contributed by atoms with Crippen LogP contribution >= 0.6 is 0 Å². The van der Waals surface area contributed by atoms with Crippen LogP contribution in [0.1, 0.15) is 33.3 Å². The minimum Gasteiger partial charge on any atom is -0.497 e. The van der Waals surface area contributed by atoms with E-state index in [1.807, 2.05) is 6.92 Å². The summed E-state index contributed by atoms with van der Waals surface area (Å²) in [6.45, 7) is 3.27. The fourth-order valence-corrected chi connectivity index (χ4v) is 2.65. The van der Waals surface area contributed by atoms with E-state index in [1.54, 1.807) is 49.6 Å². The van der Waals surface area contributed by atoms with Crippen LogP contribution in [0.15, 0.2) is 53.3 Å². The first kappa shape index (κ1) is 19.0. The molecule has 0 aliphatic heterocycles. The first-order valence-corrected chi connectivity index (χ1v) is 8.56. The second kappa shape index (κ2) is 7.87. The second-order valence-corrected chi connectivity index (χ2v) is 6.25. The van der Waals surface area contributed by atoms with Crippen molar-refractivity contribution >= 4 is 17.4 Å². The van der Waals surface area contributed by atoms with Gasteiger partial charge >= 0.3 is 5.69 Å². The highest BCUT2D eigenvalue weighted by Gasteiger charge is 2.13. The lowest BCUT2D eigenvalue weighted by molar-refractivity contribution is 0.100. The van der Waals surface area contributed by atoms with E-state index in [4.69, 9.17) is 4.74 Å². The van der Waals surface area contributed by atoms with Crippen LogP contribution in [0.5, 0.6) is 5.75 Å². The number of aryl methyl sites for hydroxylation is 1. The maximum Gasteiger partial charge on any atom is 0.346 e. The third-order valence-corrected chi connectivity index (χ3v) is 4.27. The summed E-state index contributed by atoms with van der Waals surface area (Å²) in [4.78, 5) is 42.6. The lowest BCUT2D eigenvalue weighted by Gasteiger charge is -2.10. The van der Waals surface area contributed by atoms with Crippen LogP contribution in [0.25, 0.3) is 11.3 Å². The van der Waals surface area contributed by atoms with Crippen molar-refractivity contribution in [3.63, 3.8) is 0 Å². The van der Waals surface area contributed by atoms with Gasteiger partial charge in [-0.2, -0.15) is 4.98 Å². The van der Waals surface area contributed by atoms with Gasteiger partial charge in [0.1, 0.15) is 11.4 Å². The molecule has 142 valence electrons. The number of nitrogens with zero attached hydrogens (tertiary/aromatic N) is 1. The predicted molar refractivity (Wildman–Crippen MR) is 106 cm³/mol. The van der Waals surface area contributed by atoms with Crippen molar-refractivity contribution in [3.05, 3.63) is 75.8 Å². The molecule has 1 aromatic heterocycles. The van der Waals surface area contributed by atoms with E-state index in [-0.39, 0.29) is 11.5 Å². The maximum atomic E-state index is 12.7. The van der Waals surface area contributed by atoms with Gasteiger partial charge < -0.3 is 15.0 Å². The summed E-state index contributed by atoms with van der Waals surface area (Å²) in [6.07, 6.45) is 0. The number of hydrogen-bond donors (Lipinski definition) is 2. The highest BCUT2D eigenvalue weighted by Crippen LogP contribution is 2.21. The van der Waals surface area contributed by atoms with Crippen molar-refractivity contribution in [1.82, 2.24) is 9.97 Å². The van der Waals surface area contributed by atoms with E-state index in [2.05, 4.69) is 15.3 Å². The number of Topliss-reactive ketones (excluding diaryl/α,β-unsaturated/α-hetero) is 1. The Morgan fingerprint density at radius 3 is 2.43 bits per heavy atom. The van der Waals surface area contributed by atoms with Gasteiger partial charge in [0, 0.05) is 16.8 Å². The summed E-state index contributed by atoms with van der Waals surface area (Å²) in [6, 6.07) is 13.6. The molecule has 0 saturated carbocycles. The normalized spacial score (nSPS) is 10.4. The summed E-state index contributed by atoms with van der Waals surface area (Å²) in [5.74, 6) is 0.0695. The van der Waals surface area contributed by atoms with Crippen molar-refractivity contribution in [1.29, 1.82) is 0 Å². The Hall–Kier alpha value is -3.74. The smallest absolute Gasteiger partial charge is 0.346 e. The number of aromatic nitrogens is 2. The van der Waals surface area contributed by atoms with Crippen molar-refractivity contribution in [2.75, 3.05) is 12.4 Å². The minimum atomic E-state index is -0.632. The summed E-state index contributed by atoms with van der Waals surface area (Å²) in [7, 11) is 1.56. The van der Waals surface area contributed by atoms with Crippen LogP contribution in [0.2, 0.25) is 0 Å². The van der Waals surface area contributed by atoms with Gasteiger partial charge in [-0.25, -0.2) is 4.79 Å². The Balaban J connectivity index is 1.92. The Morgan fingerprint density at radius 2 is 1.79 bits per heavy atom. The Morgan fingerprint density at radius 1 is 1.07 bits per heavy atom. The van der Waals surface area contributed by atoms with Crippen LogP contribution in [-0.2, 0) is 0 Å². The van der Waals surface area contributed by atoms with Crippen molar-refractivity contribution in [2.45, 2.75) is 13.8 Å². The lowest BCUT2D eigenvalue weighted by atomic mass is 10.1. The van der Waals surface area contributed by atoms with Gasteiger partial charge in [0.15, 0.2) is 5.78 Å². The molecule has 28 heavy (non-hydrogen) atoms. The topological polar surface area (TPSA) is 101 Å². The Labute approximate surface area is 161 Å². The first-order valence-electron chi connectivity index (χ1n) is 8.56. The molecule has 2 N–H and O–H groups in total. The molecule has 0 saturated heterocycles. The number of ether oxygens (including phenoxy) is 1. The van der Waals surface area contributed by atoms with Gasteiger partial charge in [-0.1, -0.05) is 12.1 Å². The molecule has 0 radical (unpaired) electrons. The van der Waals surface area contributed by atoms with Crippen molar-refractivity contribution < 1.29 is 14.3 Å². The number of H-pyrrole nitrogens is 1. The predicted octanol–water partition coefficient (Wildman–Crippen LogP) is 3.21. The number of anilines is 1. The zero-order valence-corrected chi connectivity index (χ0v) is 15.7. The third-order valence-electron chi connectivity index (χ3n) is 4.27. The Kier molecular flexibility index (Phi) is 5.35. The van der Waals surface area contributed by atoms with Gasteiger partial charge in [-0.05, 0) is 55.8 Å². The number of hydrogen-bond acceptors (Lipinski definition) is 5. The van der Waals surface area contributed by atoms with E-state index in [1.165, 1.54) is 13.0 Å². The average molecular weight is 377 g/mol. The van der Waals surface area contributed by atoms with Crippen molar-refractivity contribution in [3.8, 4) is 17.0 Å². The van der Waals surface area contributed by atoms with Gasteiger partial charge in [0.05, 0.1) is 12.8 Å². The zero-order chi connectivity index (χ0) is 20.3. The SMILES string of the molecule is COc1ccc(-c2cc(C(=O)Nc3cc(C(C)=O)ccc3C)[nH]c(=O)n2)cc1. The third kappa shape index (κ3) is 4.15. The Bertz CT molecular complexity index is 1100. The molecule has 1 amide bonds. The minimum absolute atomic E-state index is 0.0680. The standard InChI is InChI=1S/C21H19N3O4/c1-12-4-5-15(13(2)25)10-17(12)22-20(26)19-11-18(23-21(27)24-19)14-6-8-16(28-3)9-7-14/h4-11H,1-3H3,(H,22,26)(H,23,24,27). The highest BCUT2D eigenvalue weighted by molar-refractivity contribution is 6.04. The molecule has 3 rings (SSSR count). The van der Waals surface area contributed by atoms with E-state index in [0.29, 0.717) is 28.3 Å². The molecule has 0 aliphatic rings. The second-order valence-electron chi connectivity index (χ2n) is 6.25. The molecule has 0 unspecified atom stereocenters. The van der Waals surface area contributed by atoms with Crippen LogP contribution in [-0.4, -0.2) is 28.8 Å². The largest absolute Gasteiger partial charge is 0.497 e. The van der Waals surface area contributed by atoms with Gasteiger partial charge in [0.25, 0.3) is 5.91 Å². The van der Waals surface area contributed by atoms with E-state index < -0.39 is 11.6 Å². The number of carbonyl (C=O) groups excluding carboxylic acids is 2. The van der Waals surface area contributed by atoms with Crippen molar-refractivity contribution in [2.24, 2.45) is 0 Å². The van der Waals surface area contributed by atoms with E-state index in [0.717, 1.165) is 5.56 Å². The van der Waals surface area contributed by atoms with Crippen LogP contribution in [0.4, 0.5) is 5.69 Å². The summed E-state index contributed by atoms with van der Waals surface area (Å²) < 4.78 is 5.12. The first-order chi connectivity index (χ1) is 13.4. The van der Waals surface area contributed by atoms with Crippen LogP contribution in [0, 0.1) is 6.92 Å².